The summed E-state index contributed by atoms with van der Waals surface area (Å²) in [5, 5.41) is 6.42. The number of hydrogen-bond donors (Lipinski definition) is 2. The van der Waals surface area contributed by atoms with Gasteiger partial charge in [-0.05, 0) is 73.0 Å². The molecular weight excluding hydrogens is 522 g/mol. The number of anilines is 2. The number of benzene rings is 1. The highest BCUT2D eigenvalue weighted by atomic mass is 127. The van der Waals surface area contributed by atoms with Crippen molar-refractivity contribution in [1.82, 2.24) is 5.32 Å². The van der Waals surface area contributed by atoms with E-state index >= 15 is 0 Å². The molecule has 1 saturated heterocycles. The van der Waals surface area contributed by atoms with Crippen molar-refractivity contribution in [2.24, 2.45) is 0 Å². The van der Waals surface area contributed by atoms with Gasteiger partial charge in [-0.15, -0.1) is 11.3 Å². The Labute approximate surface area is 191 Å². The summed E-state index contributed by atoms with van der Waals surface area (Å²) in [6, 6.07) is 4.83. The number of amides is 1. The predicted octanol–water partition coefficient (Wildman–Crippen LogP) is 4.64. The highest BCUT2D eigenvalue weighted by molar-refractivity contribution is 14.1. The Hall–Kier alpha value is -1.56. The SMILES string of the molecule is CC1(C)OC[C@H](CNC(=O)c2c(Nc3ccc(I)cc3F)sc3c2CCCC3=O)O1. The van der Waals surface area contributed by atoms with Gasteiger partial charge in [-0.25, -0.2) is 4.39 Å². The lowest BCUT2D eigenvalue weighted by Crippen LogP contribution is -2.35. The first-order valence-corrected chi connectivity index (χ1v) is 11.6. The van der Waals surface area contributed by atoms with Crippen LogP contribution in [0.15, 0.2) is 18.2 Å². The predicted molar refractivity (Wildman–Crippen MR) is 121 cm³/mol. The molecule has 30 heavy (non-hydrogen) atoms. The molecule has 1 fully saturated rings. The maximum absolute atomic E-state index is 14.4. The van der Waals surface area contributed by atoms with Gasteiger partial charge < -0.3 is 20.1 Å². The monoisotopic (exact) mass is 544 g/mol. The lowest BCUT2D eigenvalue weighted by atomic mass is 9.94. The van der Waals surface area contributed by atoms with E-state index < -0.39 is 11.6 Å². The molecule has 1 atom stereocenters. The molecular formula is C21H22FIN2O4S. The second kappa shape index (κ2) is 8.52. The average molecular weight is 544 g/mol. The van der Waals surface area contributed by atoms with Gasteiger partial charge in [0.15, 0.2) is 11.6 Å². The van der Waals surface area contributed by atoms with Crippen molar-refractivity contribution in [2.45, 2.75) is 45.0 Å². The van der Waals surface area contributed by atoms with Crippen LogP contribution in [0, 0.1) is 9.39 Å². The minimum absolute atomic E-state index is 0.0284. The molecule has 4 rings (SSSR count). The largest absolute Gasteiger partial charge is 0.349 e. The van der Waals surface area contributed by atoms with E-state index in [0.29, 0.717) is 41.3 Å². The van der Waals surface area contributed by atoms with Crippen LogP contribution in [0.3, 0.4) is 0 Å². The molecule has 0 bridgehead atoms. The standard InChI is InChI=1S/C21H22FIN2O4S/c1-21(2)28-10-12(29-21)9-24-19(27)17-13-4-3-5-16(26)18(13)30-20(17)25-15-7-6-11(23)8-14(15)22/h6-8,12,25H,3-5,9-10H2,1-2H3,(H,24,27)/t12-/m0/s1. The van der Waals surface area contributed by atoms with Crippen LogP contribution in [0.25, 0.3) is 0 Å². The van der Waals surface area contributed by atoms with Crippen molar-refractivity contribution in [1.29, 1.82) is 0 Å². The Morgan fingerprint density at radius 3 is 2.87 bits per heavy atom. The van der Waals surface area contributed by atoms with E-state index in [2.05, 4.69) is 10.6 Å². The Morgan fingerprint density at radius 2 is 2.17 bits per heavy atom. The van der Waals surface area contributed by atoms with Crippen LogP contribution in [-0.2, 0) is 15.9 Å². The number of rotatable bonds is 5. The minimum Gasteiger partial charge on any atom is -0.349 e. The van der Waals surface area contributed by atoms with Crippen molar-refractivity contribution in [3.05, 3.63) is 43.6 Å². The van der Waals surface area contributed by atoms with E-state index in [4.69, 9.17) is 9.47 Å². The highest BCUT2D eigenvalue weighted by Crippen LogP contribution is 2.40. The zero-order chi connectivity index (χ0) is 21.5. The number of halogens is 2. The molecule has 1 aromatic heterocycles. The van der Waals surface area contributed by atoms with Gasteiger partial charge in [0, 0.05) is 16.5 Å². The van der Waals surface area contributed by atoms with Crippen molar-refractivity contribution < 1.29 is 23.5 Å². The molecule has 0 saturated carbocycles. The van der Waals surface area contributed by atoms with Crippen molar-refractivity contribution in [2.75, 3.05) is 18.5 Å². The first kappa shape index (κ1) is 21.7. The maximum Gasteiger partial charge on any atom is 0.254 e. The molecule has 2 aliphatic rings. The molecule has 1 amide bonds. The van der Waals surface area contributed by atoms with Gasteiger partial charge in [0.2, 0.25) is 0 Å². The number of fused-ring (bicyclic) bond motifs is 1. The van der Waals surface area contributed by atoms with E-state index in [1.807, 2.05) is 36.4 Å². The van der Waals surface area contributed by atoms with E-state index in [0.717, 1.165) is 9.13 Å². The van der Waals surface area contributed by atoms with Crippen molar-refractivity contribution in [3.63, 3.8) is 0 Å². The van der Waals surface area contributed by atoms with Crippen LogP contribution < -0.4 is 10.6 Å². The van der Waals surface area contributed by atoms with E-state index in [1.165, 1.54) is 17.4 Å². The summed E-state index contributed by atoms with van der Waals surface area (Å²) in [4.78, 5) is 26.1. The van der Waals surface area contributed by atoms with Gasteiger partial charge in [0.1, 0.15) is 16.9 Å². The second-order valence-corrected chi connectivity index (χ2v) is 10.1. The number of nitrogens with one attached hydrogen (secondary N) is 2. The molecule has 160 valence electrons. The number of carbonyl (C=O) groups excluding carboxylic acids is 2. The van der Waals surface area contributed by atoms with Crippen molar-refractivity contribution in [3.8, 4) is 0 Å². The number of ketones is 1. The number of ether oxygens (including phenoxy) is 2. The third-order valence-electron chi connectivity index (χ3n) is 5.05. The van der Waals surface area contributed by atoms with Crippen molar-refractivity contribution >= 4 is 56.3 Å². The number of thiophene rings is 1. The second-order valence-electron chi connectivity index (χ2n) is 7.80. The topological polar surface area (TPSA) is 76.7 Å². The van der Waals surface area contributed by atoms with Crippen LogP contribution >= 0.6 is 33.9 Å². The fraction of sp³-hybridized carbons (Fsp3) is 0.429. The summed E-state index contributed by atoms with van der Waals surface area (Å²) in [5.74, 6) is -1.35. The lowest BCUT2D eigenvalue weighted by Gasteiger charge is -2.18. The Bertz CT molecular complexity index is 1010. The third kappa shape index (κ3) is 4.53. The quantitative estimate of drug-likeness (QED) is 0.537. The zero-order valence-corrected chi connectivity index (χ0v) is 19.6. The lowest BCUT2D eigenvalue weighted by molar-refractivity contribution is -0.137. The van der Waals surface area contributed by atoms with E-state index in [9.17, 15) is 14.0 Å². The smallest absolute Gasteiger partial charge is 0.254 e. The highest BCUT2D eigenvalue weighted by Gasteiger charge is 2.34. The summed E-state index contributed by atoms with van der Waals surface area (Å²) in [6.45, 7) is 4.34. The van der Waals surface area contributed by atoms with E-state index in [1.54, 1.807) is 12.1 Å². The van der Waals surface area contributed by atoms with Gasteiger partial charge in [-0.2, -0.15) is 0 Å². The molecule has 1 aromatic carbocycles. The maximum atomic E-state index is 14.4. The summed E-state index contributed by atoms with van der Waals surface area (Å²) >= 11 is 3.26. The summed E-state index contributed by atoms with van der Waals surface area (Å²) in [7, 11) is 0. The molecule has 6 nitrogen and oxygen atoms in total. The molecule has 9 heteroatoms. The van der Waals surface area contributed by atoms with Crippen LogP contribution in [0.5, 0.6) is 0 Å². The van der Waals surface area contributed by atoms with Gasteiger partial charge in [0.05, 0.1) is 22.7 Å². The van der Waals surface area contributed by atoms with Gasteiger partial charge in [-0.3, -0.25) is 9.59 Å². The third-order valence-corrected chi connectivity index (χ3v) is 6.91. The fourth-order valence-electron chi connectivity index (χ4n) is 3.67. The number of carbonyl (C=O) groups is 2. The number of Topliss-reactive ketones (excluding diaryl/α,β-unsaturated/α-hetero) is 1. The summed E-state index contributed by atoms with van der Waals surface area (Å²) in [6.07, 6.45) is 1.57. The van der Waals surface area contributed by atoms with Crippen LogP contribution in [-0.4, -0.2) is 36.7 Å². The van der Waals surface area contributed by atoms with Gasteiger partial charge in [0.25, 0.3) is 5.91 Å². The van der Waals surface area contributed by atoms with Crippen LogP contribution in [0.2, 0.25) is 0 Å². The summed E-state index contributed by atoms with van der Waals surface area (Å²) < 4.78 is 26.4. The average Bonchev–Trinajstić information content (AvgIpc) is 3.22. The van der Waals surface area contributed by atoms with Gasteiger partial charge in [-0.1, -0.05) is 0 Å². The number of hydrogen-bond acceptors (Lipinski definition) is 6. The Kier molecular flexibility index (Phi) is 6.16. The molecule has 0 radical (unpaired) electrons. The van der Waals surface area contributed by atoms with Crippen LogP contribution in [0.1, 0.15) is 52.3 Å². The molecule has 1 aliphatic carbocycles. The minimum atomic E-state index is -0.668. The molecule has 0 unspecified atom stereocenters. The van der Waals surface area contributed by atoms with E-state index in [-0.39, 0.29) is 30.0 Å². The Morgan fingerprint density at radius 1 is 1.37 bits per heavy atom. The first-order chi connectivity index (χ1) is 14.2. The van der Waals surface area contributed by atoms with Crippen LogP contribution in [0.4, 0.5) is 15.1 Å². The molecule has 1 aliphatic heterocycles. The fourth-order valence-corrected chi connectivity index (χ4v) is 5.35. The molecule has 2 heterocycles. The molecule has 0 spiro atoms. The molecule has 2 N–H and O–H groups in total. The summed E-state index contributed by atoms with van der Waals surface area (Å²) in [5.41, 5.74) is 1.43. The van der Waals surface area contributed by atoms with Gasteiger partial charge >= 0.3 is 0 Å². The molecule has 2 aromatic rings. The zero-order valence-electron chi connectivity index (χ0n) is 16.6. The first-order valence-electron chi connectivity index (χ1n) is 9.74. The normalized spacial score (nSPS) is 20.1. The Balaban J connectivity index is 1.60.